The van der Waals surface area contributed by atoms with E-state index in [1.807, 2.05) is 13.0 Å². The summed E-state index contributed by atoms with van der Waals surface area (Å²) >= 11 is 0. The molecule has 26 heavy (non-hydrogen) atoms. The molecule has 6 nitrogen and oxygen atoms in total. The van der Waals surface area contributed by atoms with Crippen molar-refractivity contribution in [3.63, 3.8) is 0 Å². The number of ether oxygens (including phenoxy) is 2. The van der Waals surface area contributed by atoms with Crippen molar-refractivity contribution in [2.24, 2.45) is 0 Å². The summed E-state index contributed by atoms with van der Waals surface area (Å²) in [5.74, 6) is 0.354. The molecule has 2 aliphatic rings. The Morgan fingerprint density at radius 2 is 2.04 bits per heavy atom. The van der Waals surface area contributed by atoms with Gasteiger partial charge in [-0.2, -0.15) is 0 Å². The summed E-state index contributed by atoms with van der Waals surface area (Å²) in [6.07, 6.45) is 2.66. The van der Waals surface area contributed by atoms with Gasteiger partial charge in [0.25, 0.3) is 5.91 Å². The van der Waals surface area contributed by atoms with Gasteiger partial charge in [0.1, 0.15) is 0 Å². The average Bonchev–Trinajstić information content (AvgIpc) is 3.17. The quantitative estimate of drug-likeness (QED) is 0.827. The number of benzene rings is 2. The molecule has 0 aromatic heterocycles. The number of carbonyl (C=O) groups excluding carboxylic acids is 2. The number of hydrogen-bond donors (Lipinski definition) is 2. The van der Waals surface area contributed by atoms with Crippen molar-refractivity contribution in [1.29, 1.82) is 0 Å². The van der Waals surface area contributed by atoms with E-state index in [1.165, 1.54) is 6.08 Å². The number of nitrogens with one attached hydrogen (secondary N) is 1. The Kier molecular flexibility index (Phi) is 3.77. The van der Waals surface area contributed by atoms with Crippen LogP contribution in [0, 0.1) is 6.92 Å². The van der Waals surface area contributed by atoms with Crippen LogP contribution in [0.25, 0.3) is 6.08 Å². The van der Waals surface area contributed by atoms with Crippen LogP contribution < -0.4 is 14.8 Å². The molecule has 1 atom stereocenters. The lowest BCUT2D eigenvalue weighted by atomic mass is 9.89. The zero-order chi connectivity index (χ0) is 18.3. The van der Waals surface area contributed by atoms with Crippen molar-refractivity contribution in [1.82, 2.24) is 0 Å². The van der Waals surface area contributed by atoms with Gasteiger partial charge < -0.3 is 19.9 Å². The van der Waals surface area contributed by atoms with E-state index in [4.69, 9.17) is 9.47 Å². The second kappa shape index (κ2) is 6.00. The number of ketones is 1. The second-order valence-electron chi connectivity index (χ2n) is 6.45. The molecule has 0 radical (unpaired) electrons. The standard InChI is InChI=1S/C20H17NO5/c1-12-2-6-16-15(8-12)20(24,19(23)21-16)10-14(22)5-3-13-4-7-17-18(9-13)26-11-25-17/h2-9,24H,10-11H2,1H3,(H,21,23). The molecule has 0 bridgehead atoms. The minimum absolute atomic E-state index is 0.183. The highest BCUT2D eigenvalue weighted by Crippen LogP contribution is 2.39. The van der Waals surface area contributed by atoms with Gasteiger partial charge in [0.2, 0.25) is 6.79 Å². The molecule has 132 valence electrons. The SMILES string of the molecule is Cc1ccc2c(c1)C(O)(CC(=O)C=Cc1ccc3c(c1)OCO3)C(=O)N2. The van der Waals surface area contributed by atoms with E-state index >= 15 is 0 Å². The van der Waals surface area contributed by atoms with Gasteiger partial charge in [0.05, 0.1) is 6.42 Å². The summed E-state index contributed by atoms with van der Waals surface area (Å²) in [7, 11) is 0. The van der Waals surface area contributed by atoms with E-state index in [2.05, 4.69) is 5.32 Å². The Bertz CT molecular complexity index is 949. The molecule has 2 heterocycles. The summed E-state index contributed by atoms with van der Waals surface area (Å²) in [6.45, 7) is 2.05. The van der Waals surface area contributed by atoms with E-state index in [0.29, 0.717) is 22.7 Å². The van der Waals surface area contributed by atoms with Crippen LogP contribution in [-0.4, -0.2) is 23.6 Å². The summed E-state index contributed by atoms with van der Waals surface area (Å²) in [6, 6.07) is 10.6. The molecule has 2 aromatic carbocycles. The van der Waals surface area contributed by atoms with Gasteiger partial charge in [0.15, 0.2) is 22.9 Å². The van der Waals surface area contributed by atoms with Crippen LogP contribution in [0.15, 0.2) is 42.5 Å². The maximum absolute atomic E-state index is 12.4. The Morgan fingerprint density at radius 3 is 2.88 bits per heavy atom. The summed E-state index contributed by atoms with van der Waals surface area (Å²) in [4.78, 5) is 24.6. The van der Waals surface area contributed by atoms with Crippen molar-refractivity contribution in [2.45, 2.75) is 18.9 Å². The molecule has 0 fully saturated rings. The van der Waals surface area contributed by atoms with Crippen molar-refractivity contribution >= 4 is 23.5 Å². The van der Waals surface area contributed by atoms with E-state index in [9.17, 15) is 14.7 Å². The lowest BCUT2D eigenvalue weighted by Crippen LogP contribution is -2.36. The largest absolute Gasteiger partial charge is 0.454 e. The fraction of sp³-hybridized carbons (Fsp3) is 0.200. The molecule has 0 saturated carbocycles. The highest BCUT2D eigenvalue weighted by Gasteiger charge is 2.46. The highest BCUT2D eigenvalue weighted by molar-refractivity contribution is 6.08. The van der Waals surface area contributed by atoms with Crippen LogP contribution in [0.5, 0.6) is 11.5 Å². The molecule has 6 heteroatoms. The number of amides is 1. The maximum Gasteiger partial charge on any atom is 0.261 e. The van der Waals surface area contributed by atoms with Crippen LogP contribution >= 0.6 is 0 Å². The summed E-state index contributed by atoms with van der Waals surface area (Å²) in [5.41, 5.74) is 0.796. The number of aliphatic hydroxyl groups is 1. The van der Waals surface area contributed by atoms with E-state index in [-0.39, 0.29) is 19.0 Å². The van der Waals surface area contributed by atoms with E-state index in [0.717, 1.165) is 11.1 Å². The second-order valence-corrected chi connectivity index (χ2v) is 6.45. The van der Waals surface area contributed by atoms with Crippen LogP contribution in [0.1, 0.15) is 23.1 Å². The Hall–Kier alpha value is -3.12. The van der Waals surface area contributed by atoms with Crippen LogP contribution in [0.2, 0.25) is 0 Å². The van der Waals surface area contributed by atoms with Gasteiger partial charge in [-0.25, -0.2) is 0 Å². The molecule has 1 unspecified atom stereocenters. The number of carbonyl (C=O) groups is 2. The van der Waals surface area contributed by atoms with Gasteiger partial charge in [-0.3, -0.25) is 9.59 Å². The number of anilines is 1. The first-order chi connectivity index (χ1) is 12.5. The molecule has 1 amide bonds. The summed E-state index contributed by atoms with van der Waals surface area (Å²) < 4.78 is 10.5. The van der Waals surface area contributed by atoms with Crippen molar-refractivity contribution < 1.29 is 24.2 Å². The average molecular weight is 351 g/mol. The normalized spacial score (nSPS) is 20.3. The van der Waals surface area contributed by atoms with Gasteiger partial charge >= 0.3 is 0 Å². The Morgan fingerprint density at radius 1 is 1.23 bits per heavy atom. The Labute approximate surface area is 150 Å². The minimum Gasteiger partial charge on any atom is -0.454 e. The van der Waals surface area contributed by atoms with E-state index in [1.54, 1.807) is 36.4 Å². The fourth-order valence-corrected chi connectivity index (χ4v) is 3.15. The zero-order valence-corrected chi connectivity index (χ0v) is 14.1. The molecular weight excluding hydrogens is 334 g/mol. The number of hydrogen-bond acceptors (Lipinski definition) is 5. The highest BCUT2D eigenvalue weighted by atomic mass is 16.7. The molecule has 2 aromatic rings. The predicted octanol–water partition coefficient (Wildman–Crippen LogP) is 2.54. The summed E-state index contributed by atoms with van der Waals surface area (Å²) in [5, 5.41) is 13.5. The number of aryl methyl sites for hydroxylation is 1. The third kappa shape index (κ3) is 2.74. The van der Waals surface area contributed by atoms with Crippen molar-refractivity contribution in [3.8, 4) is 11.5 Å². The first kappa shape index (κ1) is 16.4. The number of rotatable bonds is 4. The number of fused-ring (bicyclic) bond motifs is 2. The molecule has 0 saturated heterocycles. The van der Waals surface area contributed by atoms with Gasteiger partial charge in [-0.05, 0) is 36.8 Å². The zero-order valence-electron chi connectivity index (χ0n) is 14.1. The predicted molar refractivity (Wildman–Crippen MR) is 94.9 cm³/mol. The maximum atomic E-state index is 12.4. The fourth-order valence-electron chi connectivity index (χ4n) is 3.15. The van der Waals surface area contributed by atoms with Gasteiger partial charge in [-0.1, -0.05) is 29.8 Å². The third-order valence-electron chi connectivity index (χ3n) is 4.53. The first-order valence-electron chi connectivity index (χ1n) is 8.21. The van der Waals surface area contributed by atoms with Crippen LogP contribution in [-0.2, 0) is 15.2 Å². The lowest BCUT2D eigenvalue weighted by molar-refractivity contribution is -0.138. The first-order valence-corrected chi connectivity index (χ1v) is 8.21. The topological polar surface area (TPSA) is 84.9 Å². The van der Waals surface area contributed by atoms with Crippen molar-refractivity contribution in [2.75, 3.05) is 12.1 Å². The van der Waals surface area contributed by atoms with Crippen LogP contribution in [0.4, 0.5) is 5.69 Å². The third-order valence-corrected chi connectivity index (χ3v) is 4.53. The Balaban J connectivity index is 1.53. The molecule has 4 rings (SSSR count). The van der Waals surface area contributed by atoms with Gasteiger partial charge in [0, 0.05) is 11.3 Å². The van der Waals surface area contributed by atoms with Crippen molar-refractivity contribution in [3.05, 3.63) is 59.2 Å². The molecular formula is C20H17NO5. The smallest absolute Gasteiger partial charge is 0.261 e. The van der Waals surface area contributed by atoms with E-state index < -0.39 is 11.5 Å². The van der Waals surface area contributed by atoms with Crippen LogP contribution in [0.3, 0.4) is 0 Å². The molecule has 2 N–H and O–H groups in total. The number of allylic oxidation sites excluding steroid dienone is 1. The van der Waals surface area contributed by atoms with Gasteiger partial charge in [-0.15, -0.1) is 0 Å². The molecule has 2 aliphatic heterocycles. The monoisotopic (exact) mass is 351 g/mol. The molecule has 0 aliphatic carbocycles. The molecule has 0 spiro atoms. The lowest BCUT2D eigenvalue weighted by Gasteiger charge is -2.19. The minimum atomic E-state index is -1.85.